The van der Waals surface area contributed by atoms with Crippen molar-refractivity contribution in [3.63, 3.8) is 0 Å². The van der Waals surface area contributed by atoms with Crippen LogP contribution in [0.4, 0.5) is 4.79 Å². The molecule has 0 spiro atoms. The highest BCUT2D eigenvalue weighted by atomic mass is 16.6. The number of amides is 8. The molecule has 0 saturated carbocycles. The van der Waals surface area contributed by atoms with Gasteiger partial charge in [-0.2, -0.15) is 0 Å². The molecule has 3 heterocycles. The molecule has 470 valence electrons. The van der Waals surface area contributed by atoms with Crippen molar-refractivity contribution < 1.29 is 82.2 Å². The van der Waals surface area contributed by atoms with Gasteiger partial charge in [0.2, 0.25) is 41.4 Å². The van der Waals surface area contributed by atoms with Crippen molar-refractivity contribution in [2.75, 3.05) is 39.8 Å². The summed E-state index contributed by atoms with van der Waals surface area (Å²) in [5, 5.41) is 55.1. The molecule has 2 aromatic carbocycles. The second-order valence-electron chi connectivity index (χ2n) is 22.9. The number of rotatable bonds is 15. The quantitative estimate of drug-likeness (QED) is 0.0640. The van der Waals surface area contributed by atoms with E-state index in [4.69, 9.17) is 18.9 Å². The average molecular weight is 1190 g/mol. The van der Waals surface area contributed by atoms with E-state index in [-0.39, 0.29) is 43.8 Å². The van der Waals surface area contributed by atoms with Crippen molar-refractivity contribution in [2.24, 2.45) is 17.8 Å². The van der Waals surface area contributed by atoms with Gasteiger partial charge in [0.1, 0.15) is 72.5 Å². The van der Waals surface area contributed by atoms with Crippen LogP contribution in [-0.4, -0.2) is 185 Å². The fourth-order valence-electron chi connectivity index (χ4n) is 8.95. The Hall–Kier alpha value is -7.68. The molecule has 8 amide bonds. The Morgan fingerprint density at radius 2 is 1.46 bits per heavy atom. The van der Waals surface area contributed by atoms with Gasteiger partial charge in [-0.15, -0.1) is 0 Å². The standard InChI is InChI=1S/C59H87N9O17/c1-13-33(4)45-52(75)67-48-39-20-22-40(23-21-39)84-37(8)59(81,31-60-26-17-27-61-57(80)85-58(9,10)11)25-24-43(70)62-29-44(71)82-30-41(56(79)83-36(7)47(54(77)64-45)66-50(73)34(5)49(72)32(2)3)63-53(76)46(35(6)69)65-51(74)42(68(12)55(48)78)28-38-18-15-14-16-19-38/h14-16,18-25,32-37,41-42,45-49,60,69,72,81H,13,17,26-31H2,1-12H3,(H,61,80)(H,62,70)(H,63,76)(H,64,77)(H,65,74)(H,66,73)(H,67,75)/t33-,34+,35+,36+,37+,41-,42-,45+,46+,47-,48?,49+,59-/m0/s1. The number of ether oxygens (including phenoxy) is 4. The van der Waals surface area contributed by atoms with Crippen LogP contribution in [0.5, 0.6) is 5.75 Å². The van der Waals surface area contributed by atoms with Gasteiger partial charge in [-0.05, 0) is 95.7 Å². The van der Waals surface area contributed by atoms with E-state index in [9.17, 15) is 58.5 Å². The van der Waals surface area contributed by atoms with E-state index >= 15 is 4.79 Å². The van der Waals surface area contributed by atoms with Gasteiger partial charge in [0.25, 0.3) is 0 Å². The van der Waals surface area contributed by atoms with E-state index in [1.165, 1.54) is 52.1 Å². The Balaban J connectivity index is 1.96. The fourth-order valence-corrected chi connectivity index (χ4v) is 8.95. The molecule has 26 nitrogen and oxygen atoms in total. The van der Waals surface area contributed by atoms with Crippen LogP contribution in [0.2, 0.25) is 0 Å². The normalized spacial score (nSPS) is 26.0. The third kappa shape index (κ3) is 21.1. The van der Waals surface area contributed by atoms with Gasteiger partial charge < -0.3 is 81.7 Å². The first kappa shape index (κ1) is 69.8. The Labute approximate surface area is 496 Å². The molecule has 0 aromatic heterocycles. The molecule has 2 aromatic rings. The predicted octanol–water partition coefficient (Wildman–Crippen LogP) is 0.110. The minimum atomic E-state index is -2.00. The number of esters is 2. The number of hydrogen-bond donors (Lipinski definition) is 11. The van der Waals surface area contributed by atoms with Crippen LogP contribution in [-0.2, 0) is 63.8 Å². The Morgan fingerprint density at radius 3 is 2.07 bits per heavy atom. The molecule has 1 unspecified atom stereocenters. The molecule has 1 fully saturated rings. The number of benzene rings is 2. The zero-order chi connectivity index (χ0) is 63.5. The van der Waals surface area contributed by atoms with Crippen molar-refractivity contribution in [2.45, 2.75) is 167 Å². The molecule has 0 radical (unpaired) electrons. The molecule has 11 N–H and O–H groups in total. The monoisotopic (exact) mass is 1190 g/mol. The number of nitrogens with one attached hydrogen (secondary N) is 8. The summed E-state index contributed by atoms with van der Waals surface area (Å²) in [7, 11) is 1.29. The molecule has 3 aliphatic rings. The molecule has 5 rings (SSSR count). The van der Waals surface area contributed by atoms with Gasteiger partial charge in [-0.25, -0.2) is 9.59 Å². The molecule has 13 atom stereocenters. The summed E-state index contributed by atoms with van der Waals surface area (Å²) in [6.07, 6.45) is -3.82. The van der Waals surface area contributed by atoms with Gasteiger partial charge in [-0.3, -0.25) is 38.4 Å². The number of carbonyl (C=O) groups is 10. The number of likely N-dealkylation sites (N-methyl/N-ethyl adjacent to an activating group) is 1. The summed E-state index contributed by atoms with van der Waals surface area (Å²) in [6.45, 7) is 15.6. The van der Waals surface area contributed by atoms with Crippen LogP contribution in [0.25, 0.3) is 0 Å². The first-order valence-corrected chi connectivity index (χ1v) is 28.5. The van der Waals surface area contributed by atoms with Crippen molar-refractivity contribution in [3.05, 3.63) is 77.9 Å². The summed E-state index contributed by atoms with van der Waals surface area (Å²) < 4.78 is 22.7. The van der Waals surface area contributed by atoms with Crippen LogP contribution in [0.3, 0.4) is 0 Å². The molecular formula is C59H87N9O17. The molecule has 0 aliphatic carbocycles. The Kier molecular flexibility index (Phi) is 26.3. The van der Waals surface area contributed by atoms with Crippen LogP contribution in [0, 0.1) is 17.8 Å². The van der Waals surface area contributed by atoms with Gasteiger partial charge in [0.15, 0.2) is 6.04 Å². The fraction of sp³-hybridized carbons (Fsp3) is 0.593. The number of alkyl carbamates (subject to hydrolysis) is 1. The van der Waals surface area contributed by atoms with Gasteiger partial charge in [0, 0.05) is 32.6 Å². The summed E-state index contributed by atoms with van der Waals surface area (Å²) in [5.41, 5.74) is -2.03. The summed E-state index contributed by atoms with van der Waals surface area (Å²) in [4.78, 5) is 142. The van der Waals surface area contributed by atoms with Crippen LogP contribution >= 0.6 is 0 Å². The van der Waals surface area contributed by atoms with E-state index < -0.39 is 162 Å². The number of carbonyl (C=O) groups excluding carboxylic acids is 10. The van der Waals surface area contributed by atoms with Crippen LogP contribution in [0.1, 0.15) is 106 Å². The Bertz CT molecular complexity index is 2670. The number of fused-ring (bicyclic) bond motifs is 11. The number of hydrogen-bond acceptors (Lipinski definition) is 18. The van der Waals surface area contributed by atoms with Crippen molar-refractivity contribution >= 4 is 59.4 Å². The molecule has 3 aliphatic heterocycles. The molecule has 26 heteroatoms. The topological polar surface area (TPSA) is 368 Å². The highest BCUT2D eigenvalue weighted by Gasteiger charge is 2.42. The average Bonchev–Trinajstić information content (AvgIpc) is 3.08. The predicted molar refractivity (Wildman–Crippen MR) is 308 cm³/mol. The lowest BCUT2D eigenvalue weighted by molar-refractivity contribution is -0.160. The third-order valence-corrected chi connectivity index (χ3v) is 14.5. The van der Waals surface area contributed by atoms with Gasteiger partial charge >= 0.3 is 18.0 Å². The third-order valence-electron chi connectivity index (χ3n) is 14.5. The largest absolute Gasteiger partial charge is 0.487 e. The lowest BCUT2D eigenvalue weighted by Gasteiger charge is -2.34. The van der Waals surface area contributed by atoms with E-state index in [0.717, 1.165) is 24.0 Å². The number of aliphatic hydroxyl groups excluding tert-OH is 2. The zero-order valence-electron chi connectivity index (χ0n) is 50.5. The lowest BCUT2D eigenvalue weighted by atomic mass is 9.93. The SMILES string of the molecule is CC[C@H](C)[C@H]1NC(=O)[C@@H](NC(=O)[C@H](C)[C@H](O)C(C)C)[C@@H](C)OC(=O)[C@@H]2COC(=O)CNC(=O)C=C[C@](O)(CNCCCNC(=O)OC(C)(C)C)[C@@H](C)Oc3ccc(cc3)C(NC1=O)C(=O)N(C)[C@@H](Cc1ccccc1)C(=O)N[C@H]([C@@H](C)O)C(=O)N2. The van der Waals surface area contributed by atoms with Crippen molar-refractivity contribution in [1.29, 1.82) is 0 Å². The maximum Gasteiger partial charge on any atom is 0.407 e. The maximum atomic E-state index is 15.3. The first-order valence-electron chi connectivity index (χ1n) is 28.5. The number of aliphatic hydroxyl groups is 3. The maximum absolute atomic E-state index is 15.3. The van der Waals surface area contributed by atoms with Crippen molar-refractivity contribution in [1.82, 2.24) is 47.4 Å². The van der Waals surface area contributed by atoms with Gasteiger partial charge in [0.05, 0.1) is 18.1 Å². The smallest absolute Gasteiger partial charge is 0.407 e. The second-order valence-corrected chi connectivity index (χ2v) is 22.9. The van der Waals surface area contributed by atoms with E-state index in [2.05, 4.69) is 42.5 Å². The number of nitrogens with zero attached hydrogens (tertiary/aromatic N) is 1. The molecule has 1 saturated heterocycles. The lowest BCUT2D eigenvalue weighted by Crippen LogP contribution is -2.61. The first-order chi connectivity index (χ1) is 39.9. The summed E-state index contributed by atoms with van der Waals surface area (Å²) >= 11 is 0. The van der Waals surface area contributed by atoms with E-state index in [1.54, 1.807) is 78.8 Å². The minimum absolute atomic E-state index is 0.121. The highest BCUT2D eigenvalue weighted by Crippen LogP contribution is 2.26. The van der Waals surface area contributed by atoms with Crippen molar-refractivity contribution in [3.8, 4) is 5.75 Å². The summed E-state index contributed by atoms with van der Waals surface area (Å²) in [5.74, 6) is -11.5. The Morgan fingerprint density at radius 1 is 0.824 bits per heavy atom. The van der Waals surface area contributed by atoms with Crippen LogP contribution in [0.15, 0.2) is 66.7 Å². The molecule has 85 heavy (non-hydrogen) atoms. The second kappa shape index (κ2) is 32.0. The molecule has 4 bridgehead atoms. The minimum Gasteiger partial charge on any atom is -0.487 e. The zero-order valence-corrected chi connectivity index (χ0v) is 50.5. The number of cyclic esters (lactones) is 1. The van der Waals surface area contributed by atoms with Gasteiger partial charge in [-0.1, -0.05) is 83.5 Å². The van der Waals surface area contributed by atoms with E-state index in [0.29, 0.717) is 12.0 Å². The highest BCUT2D eigenvalue weighted by molar-refractivity contribution is 5.98. The van der Waals surface area contributed by atoms with E-state index in [1.807, 2.05) is 0 Å². The summed E-state index contributed by atoms with van der Waals surface area (Å²) in [6, 6.07) is 3.90. The van der Waals surface area contributed by atoms with Crippen LogP contribution < -0.4 is 47.3 Å². The molecular weight excluding hydrogens is 1110 g/mol.